The second-order valence-electron chi connectivity index (χ2n) is 15.9. The van der Waals surface area contributed by atoms with Gasteiger partial charge in [0.25, 0.3) is 5.91 Å². The van der Waals surface area contributed by atoms with Crippen molar-refractivity contribution in [2.24, 2.45) is 17.2 Å². The summed E-state index contributed by atoms with van der Waals surface area (Å²) in [7, 11) is 1.40. The Labute approximate surface area is 390 Å². The van der Waals surface area contributed by atoms with E-state index in [4.69, 9.17) is 31.9 Å². The Morgan fingerprint density at radius 1 is 0.896 bits per heavy atom. The number of carbonyl (C=O) groups is 5. The van der Waals surface area contributed by atoms with Crippen molar-refractivity contribution in [2.75, 3.05) is 46.4 Å². The number of aryl methyl sites for hydroxylation is 2. The highest BCUT2D eigenvalue weighted by Gasteiger charge is 2.36. The molecule has 0 fully saturated rings. The summed E-state index contributed by atoms with van der Waals surface area (Å²) in [6.45, 7) is 10.9. The number of benzene rings is 3. The fourth-order valence-corrected chi connectivity index (χ4v) is 7.43. The molecule has 4 aromatic rings. The minimum Gasteiger partial charge on any atom is -0.492 e. The molecule has 1 aliphatic heterocycles. The van der Waals surface area contributed by atoms with E-state index in [0.717, 1.165) is 16.7 Å². The Morgan fingerprint density at radius 2 is 1.52 bits per heavy atom. The summed E-state index contributed by atoms with van der Waals surface area (Å²) in [4.78, 5) is 80.5. The van der Waals surface area contributed by atoms with Crippen molar-refractivity contribution in [3.8, 4) is 40.5 Å². The van der Waals surface area contributed by atoms with Crippen LogP contribution in [0.4, 0.5) is 0 Å². The summed E-state index contributed by atoms with van der Waals surface area (Å²) in [6, 6.07) is 14.5. The van der Waals surface area contributed by atoms with Gasteiger partial charge in [-0.05, 0) is 99.7 Å². The van der Waals surface area contributed by atoms with Gasteiger partial charge in [-0.25, -0.2) is 9.97 Å². The van der Waals surface area contributed by atoms with Gasteiger partial charge in [-0.3, -0.25) is 24.0 Å². The van der Waals surface area contributed by atoms with Crippen LogP contribution in [0.2, 0.25) is 0 Å². The fourth-order valence-electron chi connectivity index (χ4n) is 7.43. The molecule has 1 aliphatic rings. The van der Waals surface area contributed by atoms with E-state index >= 15 is 0 Å². The maximum Gasteiger partial charge on any atom is 0.255 e. The number of nitriles is 1. The average Bonchev–Trinajstić information content (AvgIpc) is 3.30. The number of nitrogens with zero attached hydrogens (tertiary/aromatic N) is 4. The Kier molecular flexibility index (Phi) is 17.7. The SMILES string of the molecule is C=C(C)c1ccc(C#Cc2nc(C)c(C(=O)NC(CCN)C(=O)N(C)C3C(=O)NC(C)C(=O)NC(C(=O)NCC#N)Cc4ccc(OCCN)c(c4)-c4cc3ccc4OCCN)c(C)n2)cc1. The lowest BCUT2D eigenvalue weighted by Gasteiger charge is -2.32. The molecule has 2 heterocycles. The van der Waals surface area contributed by atoms with E-state index in [-0.39, 0.29) is 63.6 Å². The molecule has 10 N–H and O–H groups in total. The quantitative estimate of drug-likeness (QED) is 0.0662. The molecule has 67 heavy (non-hydrogen) atoms. The number of amides is 5. The Bertz CT molecular complexity index is 2590. The first-order valence-corrected chi connectivity index (χ1v) is 21.7. The van der Waals surface area contributed by atoms with Crippen molar-refractivity contribution in [2.45, 2.75) is 64.7 Å². The van der Waals surface area contributed by atoms with Crippen LogP contribution < -0.4 is 47.9 Å². The summed E-state index contributed by atoms with van der Waals surface area (Å²) in [5.74, 6) is 3.53. The van der Waals surface area contributed by atoms with Crippen LogP contribution in [-0.4, -0.2) is 109 Å². The van der Waals surface area contributed by atoms with Gasteiger partial charge in [0, 0.05) is 43.2 Å². The third-order valence-electron chi connectivity index (χ3n) is 10.8. The number of hydrogen-bond donors (Lipinski definition) is 7. The number of aromatic nitrogens is 2. The molecule has 0 aliphatic carbocycles. The molecule has 1 aromatic heterocycles. The van der Waals surface area contributed by atoms with Crippen LogP contribution in [0, 0.1) is 37.0 Å². The van der Waals surface area contributed by atoms with Gasteiger partial charge in [0.05, 0.1) is 23.0 Å². The molecule has 18 nitrogen and oxygen atoms in total. The number of allylic oxidation sites excluding steroid dienone is 1. The van der Waals surface area contributed by atoms with E-state index in [9.17, 15) is 24.0 Å². The topological polar surface area (TPSA) is 283 Å². The van der Waals surface area contributed by atoms with Gasteiger partial charge in [-0.1, -0.05) is 42.3 Å². The lowest BCUT2D eigenvalue weighted by Crippen LogP contribution is -2.56. The predicted molar refractivity (Wildman–Crippen MR) is 252 cm³/mol. The van der Waals surface area contributed by atoms with Gasteiger partial charge in [-0.15, -0.1) is 0 Å². The molecule has 18 heteroatoms. The number of ether oxygens (including phenoxy) is 2. The number of rotatable bonds is 15. The molecule has 5 rings (SSSR count). The zero-order valence-electron chi connectivity index (χ0n) is 38.3. The van der Waals surface area contributed by atoms with Crippen LogP contribution in [0.1, 0.15) is 76.1 Å². The summed E-state index contributed by atoms with van der Waals surface area (Å²) < 4.78 is 12.2. The molecule has 3 aromatic carbocycles. The first-order chi connectivity index (χ1) is 32.1. The maximum absolute atomic E-state index is 14.7. The first-order valence-electron chi connectivity index (χ1n) is 21.7. The minimum atomic E-state index is -1.42. The second kappa shape index (κ2) is 23.5. The average molecular weight is 912 g/mol. The number of fused-ring (bicyclic) bond motifs is 5. The maximum atomic E-state index is 14.7. The third-order valence-corrected chi connectivity index (χ3v) is 10.8. The highest BCUT2D eigenvalue weighted by molar-refractivity contribution is 6.00. The van der Waals surface area contributed by atoms with E-state index in [0.29, 0.717) is 45.1 Å². The lowest BCUT2D eigenvalue weighted by atomic mass is 9.93. The van der Waals surface area contributed by atoms with E-state index in [1.807, 2.05) is 37.3 Å². The van der Waals surface area contributed by atoms with Gasteiger partial charge in [0.15, 0.2) is 0 Å². The Hall–Kier alpha value is -7.64. The van der Waals surface area contributed by atoms with Gasteiger partial charge < -0.3 is 52.8 Å². The van der Waals surface area contributed by atoms with Crippen molar-refractivity contribution < 1.29 is 33.4 Å². The number of likely N-dealkylation sites (N-methyl/N-ethyl adjacent to an activating group) is 1. The van der Waals surface area contributed by atoms with Crippen LogP contribution in [0.5, 0.6) is 11.5 Å². The highest BCUT2D eigenvalue weighted by atomic mass is 16.5. The highest BCUT2D eigenvalue weighted by Crippen LogP contribution is 2.40. The van der Waals surface area contributed by atoms with Crippen molar-refractivity contribution in [1.82, 2.24) is 36.1 Å². The monoisotopic (exact) mass is 911 g/mol. The summed E-state index contributed by atoms with van der Waals surface area (Å²) >= 11 is 0. The largest absolute Gasteiger partial charge is 0.492 e. The van der Waals surface area contributed by atoms with Gasteiger partial charge in [0.1, 0.15) is 55.4 Å². The molecule has 0 radical (unpaired) electrons. The first kappa shape index (κ1) is 50.4. The van der Waals surface area contributed by atoms with Crippen molar-refractivity contribution in [3.63, 3.8) is 0 Å². The minimum absolute atomic E-state index is 0.00454. The van der Waals surface area contributed by atoms with Crippen LogP contribution in [0.15, 0.2) is 67.2 Å². The summed E-state index contributed by atoms with van der Waals surface area (Å²) in [6.07, 6.45) is -0.0226. The number of hydrogen-bond acceptors (Lipinski definition) is 13. The molecule has 350 valence electrons. The molecule has 0 saturated carbocycles. The second-order valence-corrected chi connectivity index (χ2v) is 15.9. The number of carbonyl (C=O) groups excluding carboxylic acids is 5. The molecular weight excluding hydrogens is 855 g/mol. The molecule has 5 amide bonds. The third kappa shape index (κ3) is 12.8. The van der Waals surface area contributed by atoms with Gasteiger partial charge in [-0.2, -0.15) is 5.26 Å². The normalized spacial score (nSPS) is 16.0. The molecule has 4 unspecified atom stereocenters. The van der Waals surface area contributed by atoms with Crippen LogP contribution in [0.25, 0.3) is 16.7 Å². The van der Waals surface area contributed by atoms with Crippen molar-refractivity contribution in [3.05, 3.63) is 112 Å². The van der Waals surface area contributed by atoms with Crippen LogP contribution >= 0.6 is 0 Å². The predicted octanol–water partition coefficient (Wildman–Crippen LogP) is 1.70. The standard InChI is InChI=1S/C49H57N11O7/c1-28(2)34-11-7-32(8-12-34)10-16-42-55-29(3)43(30(4)56-42)47(63)58-38(17-18-50)49(65)60(6)44-35-13-15-41(67-24-21-53)37(27-35)36-25-33(9-14-40(36)66-23-20-52)26-39(46(62)54-22-19-51)59-45(61)31(5)57-48(44)64/h7-9,11-15,25,27,31,38-39,44H,1,17-18,20-24,26,50,52-53H2,2-6H3,(H,54,62)(H,57,64)(H,58,63)(H,59,61). The fraction of sp³-hybridized carbons (Fsp3) is 0.347. The molecular formula is C49H57N11O7. The van der Waals surface area contributed by atoms with Crippen LogP contribution in [0.3, 0.4) is 0 Å². The van der Waals surface area contributed by atoms with Crippen molar-refractivity contribution in [1.29, 1.82) is 5.26 Å². The van der Waals surface area contributed by atoms with E-state index in [1.165, 1.54) is 18.9 Å². The lowest BCUT2D eigenvalue weighted by molar-refractivity contribution is -0.141. The van der Waals surface area contributed by atoms with E-state index in [2.05, 4.69) is 49.7 Å². The van der Waals surface area contributed by atoms with E-state index < -0.39 is 53.7 Å². The van der Waals surface area contributed by atoms with Crippen LogP contribution in [-0.2, 0) is 25.6 Å². The zero-order valence-corrected chi connectivity index (χ0v) is 38.3. The zero-order chi connectivity index (χ0) is 48.8. The van der Waals surface area contributed by atoms with Crippen molar-refractivity contribution >= 4 is 35.1 Å². The van der Waals surface area contributed by atoms with E-state index in [1.54, 1.807) is 50.2 Å². The molecule has 0 saturated heterocycles. The smallest absolute Gasteiger partial charge is 0.255 e. The molecule has 0 spiro atoms. The molecule has 4 atom stereocenters. The summed E-state index contributed by atoms with van der Waals surface area (Å²) in [5, 5.41) is 19.9. The molecule has 4 bridgehead atoms. The Balaban J connectivity index is 1.55. The van der Waals surface area contributed by atoms with Gasteiger partial charge in [0.2, 0.25) is 29.5 Å². The van der Waals surface area contributed by atoms with Gasteiger partial charge >= 0.3 is 0 Å². The summed E-state index contributed by atoms with van der Waals surface area (Å²) in [5.41, 5.74) is 23.0. The Morgan fingerprint density at radius 3 is 2.12 bits per heavy atom. The number of nitrogens with one attached hydrogen (secondary N) is 4. The number of nitrogens with two attached hydrogens (primary N) is 3.